The highest BCUT2D eigenvalue weighted by Gasteiger charge is 2.39. The first-order valence-electron chi connectivity index (χ1n) is 12.9. The summed E-state index contributed by atoms with van der Waals surface area (Å²) in [6, 6.07) is 8.79. The van der Waals surface area contributed by atoms with Gasteiger partial charge in [0.25, 0.3) is 0 Å². The van der Waals surface area contributed by atoms with Gasteiger partial charge in [0.05, 0.1) is 24.2 Å². The van der Waals surface area contributed by atoms with Crippen LogP contribution in [0.2, 0.25) is 0 Å². The molecule has 0 bridgehead atoms. The van der Waals surface area contributed by atoms with Gasteiger partial charge in [0.15, 0.2) is 17.4 Å². The van der Waals surface area contributed by atoms with Gasteiger partial charge in [0.1, 0.15) is 24.2 Å². The molecule has 11 heteroatoms. The van der Waals surface area contributed by atoms with E-state index in [2.05, 4.69) is 0 Å². The quantitative estimate of drug-likeness (QED) is 0.286. The second kappa shape index (κ2) is 10.5. The van der Waals surface area contributed by atoms with Crippen LogP contribution in [-0.4, -0.2) is 35.0 Å². The largest absolute Gasteiger partial charge is 0.492 e. The molecule has 3 aromatic rings. The van der Waals surface area contributed by atoms with Crippen molar-refractivity contribution in [3.8, 4) is 28.4 Å². The summed E-state index contributed by atoms with van der Waals surface area (Å²) in [7, 11) is 0. The number of hydrogen-bond acceptors (Lipinski definition) is 5. The predicted octanol–water partition coefficient (Wildman–Crippen LogP) is 6.82. The van der Waals surface area contributed by atoms with Crippen molar-refractivity contribution < 1.29 is 51.2 Å². The molecular formula is C30H27F5O6. The zero-order valence-electron chi connectivity index (χ0n) is 22.1. The zero-order chi connectivity index (χ0) is 29.7. The molecule has 0 spiro atoms. The van der Waals surface area contributed by atoms with Crippen molar-refractivity contribution in [2.75, 3.05) is 13.2 Å². The maximum absolute atomic E-state index is 14.9. The maximum atomic E-state index is 14.9. The second-order valence-corrected chi connectivity index (χ2v) is 10.9. The van der Waals surface area contributed by atoms with Gasteiger partial charge in [-0.25, -0.2) is 8.78 Å². The molecule has 0 amide bonds. The smallest absolute Gasteiger partial charge is 0.417 e. The lowest BCUT2D eigenvalue weighted by atomic mass is 9.91. The highest BCUT2D eigenvalue weighted by molar-refractivity contribution is 5.75. The second-order valence-electron chi connectivity index (χ2n) is 10.9. The van der Waals surface area contributed by atoms with Crippen LogP contribution in [0.15, 0.2) is 42.5 Å². The van der Waals surface area contributed by atoms with Crippen LogP contribution in [0.1, 0.15) is 61.0 Å². The fourth-order valence-electron chi connectivity index (χ4n) is 5.32. The maximum Gasteiger partial charge on any atom is 0.417 e. The van der Waals surface area contributed by atoms with Gasteiger partial charge in [0, 0.05) is 17.5 Å². The van der Waals surface area contributed by atoms with Gasteiger partial charge >= 0.3 is 12.1 Å². The van der Waals surface area contributed by atoms with Crippen molar-refractivity contribution in [3.63, 3.8) is 0 Å². The number of halogens is 5. The summed E-state index contributed by atoms with van der Waals surface area (Å²) in [5.41, 5.74) is -1.58. The lowest BCUT2D eigenvalue weighted by Crippen LogP contribution is -2.28. The molecule has 0 saturated carbocycles. The van der Waals surface area contributed by atoms with Crippen molar-refractivity contribution >= 4 is 5.97 Å². The first kappa shape index (κ1) is 28.7. The Bertz CT molecular complexity index is 1470. The first-order chi connectivity index (χ1) is 19.2. The van der Waals surface area contributed by atoms with Crippen molar-refractivity contribution in [2.24, 2.45) is 0 Å². The molecule has 41 heavy (non-hydrogen) atoms. The number of hydrogen-bond donors (Lipinski definition) is 2. The molecule has 0 aromatic heterocycles. The number of aliphatic carboxylic acids is 1. The number of carboxylic acid groups (broad SMARTS) is 1. The Morgan fingerprint density at radius 2 is 1.73 bits per heavy atom. The third-order valence-corrected chi connectivity index (χ3v) is 7.08. The normalized spacial score (nSPS) is 18.0. The fraction of sp³-hybridized carbons (Fsp3) is 0.367. The standard InChI is InChI=1S/C30H27F5O6/c1-29(2,38)14-40-28-22(31)9-15(10-23(28)32)27-20-6-8-24(19(20)5-7-21(27)30(33,34)35)41-17-3-4-18-16(11-26(36)37)13-39-25(18)12-17/h3-5,7,9-10,12,16,24,38H,6,8,11,13-14H2,1-2H3,(H,36,37)/t16?,24-/m1/s1. The van der Waals surface area contributed by atoms with Gasteiger partial charge in [-0.3, -0.25) is 4.79 Å². The molecule has 1 aliphatic heterocycles. The van der Waals surface area contributed by atoms with Crippen LogP contribution in [0.5, 0.6) is 17.2 Å². The number of fused-ring (bicyclic) bond motifs is 2. The Hall–Kier alpha value is -3.86. The third kappa shape index (κ3) is 5.95. The lowest BCUT2D eigenvalue weighted by Gasteiger charge is -2.21. The van der Waals surface area contributed by atoms with Gasteiger partial charge in [-0.05, 0) is 73.2 Å². The van der Waals surface area contributed by atoms with Crippen molar-refractivity contribution in [1.29, 1.82) is 0 Å². The number of ether oxygens (including phenoxy) is 3. The summed E-state index contributed by atoms with van der Waals surface area (Å²) in [6.45, 7) is 2.55. The van der Waals surface area contributed by atoms with Gasteiger partial charge in [-0.15, -0.1) is 0 Å². The van der Waals surface area contributed by atoms with Crippen LogP contribution in [0, 0.1) is 11.6 Å². The summed E-state index contributed by atoms with van der Waals surface area (Å²) in [6.07, 6.45) is -5.02. The molecule has 2 aliphatic rings. The number of benzene rings is 3. The molecule has 1 aliphatic carbocycles. The van der Waals surface area contributed by atoms with Crippen LogP contribution >= 0.6 is 0 Å². The van der Waals surface area contributed by atoms with Crippen LogP contribution < -0.4 is 14.2 Å². The molecule has 0 fully saturated rings. The molecule has 218 valence electrons. The van der Waals surface area contributed by atoms with E-state index in [0.29, 0.717) is 23.5 Å². The number of alkyl halides is 3. The average Bonchev–Trinajstić information content (AvgIpc) is 3.45. The van der Waals surface area contributed by atoms with Crippen LogP contribution in [0.4, 0.5) is 22.0 Å². The summed E-state index contributed by atoms with van der Waals surface area (Å²) < 4.78 is 88.9. The molecule has 0 saturated heterocycles. The van der Waals surface area contributed by atoms with Crippen molar-refractivity contribution in [1.82, 2.24) is 0 Å². The molecule has 1 unspecified atom stereocenters. The van der Waals surface area contributed by atoms with Gasteiger partial charge in [-0.1, -0.05) is 12.1 Å². The third-order valence-electron chi connectivity index (χ3n) is 7.08. The molecule has 3 aromatic carbocycles. The predicted molar refractivity (Wildman–Crippen MR) is 137 cm³/mol. The van der Waals surface area contributed by atoms with Gasteiger partial charge in [0.2, 0.25) is 0 Å². The van der Waals surface area contributed by atoms with Gasteiger partial charge in [-0.2, -0.15) is 13.2 Å². The Balaban J connectivity index is 1.48. The Morgan fingerprint density at radius 1 is 1.05 bits per heavy atom. The first-order valence-corrected chi connectivity index (χ1v) is 12.9. The Morgan fingerprint density at radius 3 is 2.37 bits per heavy atom. The van der Waals surface area contributed by atoms with Crippen LogP contribution in [-0.2, 0) is 17.4 Å². The summed E-state index contributed by atoms with van der Waals surface area (Å²) in [5.74, 6) is -3.54. The number of rotatable bonds is 8. The number of carboxylic acids is 1. The van der Waals surface area contributed by atoms with E-state index in [1.54, 1.807) is 18.2 Å². The number of aliphatic hydroxyl groups is 1. The van der Waals surface area contributed by atoms with Crippen LogP contribution in [0.25, 0.3) is 11.1 Å². The number of carbonyl (C=O) groups is 1. The highest BCUT2D eigenvalue weighted by atomic mass is 19.4. The summed E-state index contributed by atoms with van der Waals surface area (Å²) >= 11 is 0. The van der Waals surface area contributed by atoms with E-state index in [1.165, 1.54) is 19.9 Å². The zero-order valence-corrected chi connectivity index (χ0v) is 22.1. The Kier molecular flexibility index (Phi) is 7.35. The molecule has 2 N–H and O–H groups in total. The highest BCUT2D eigenvalue weighted by Crippen LogP contribution is 2.47. The van der Waals surface area contributed by atoms with Gasteiger partial charge < -0.3 is 24.4 Å². The van der Waals surface area contributed by atoms with Crippen molar-refractivity contribution in [2.45, 2.75) is 56.9 Å². The van der Waals surface area contributed by atoms with E-state index in [0.717, 1.165) is 23.8 Å². The Labute approximate surface area is 232 Å². The molecule has 5 rings (SSSR count). The van der Waals surface area contributed by atoms with Crippen LogP contribution in [0.3, 0.4) is 0 Å². The summed E-state index contributed by atoms with van der Waals surface area (Å²) in [4.78, 5) is 11.1. The monoisotopic (exact) mass is 578 g/mol. The van der Waals surface area contributed by atoms with E-state index in [-0.39, 0.29) is 42.1 Å². The van der Waals surface area contributed by atoms with E-state index in [1.807, 2.05) is 0 Å². The van der Waals surface area contributed by atoms with E-state index in [4.69, 9.17) is 19.3 Å². The molecular weight excluding hydrogens is 551 g/mol. The topological polar surface area (TPSA) is 85.2 Å². The minimum Gasteiger partial charge on any atom is -0.492 e. The fourth-order valence-corrected chi connectivity index (χ4v) is 5.32. The van der Waals surface area contributed by atoms with E-state index < -0.39 is 53.4 Å². The molecule has 0 radical (unpaired) electrons. The van der Waals surface area contributed by atoms with E-state index in [9.17, 15) is 31.9 Å². The average molecular weight is 579 g/mol. The SMILES string of the molecule is CC(C)(O)COc1c(F)cc(-c2c(C(F)(F)F)ccc3c2CC[C@H]3Oc2ccc3c(c2)OCC3CC(=O)O)cc1F. The molecule has 6 nitrogen and oxygen atoms in total. The molecule has 1 heterocycles. The minimum absolute atomic E-state index is 0.0821. The van der Waals surface area contributed by atoms with Crippen molar-refractivity contribution in [3.05, 3.63) is 76.4 Å². The van der Waals surface area contributed by atoms with E-state index >= 15 is 0 Å². The summed E-state index contributed by atoms with van der Waals surface area (Å²) in [5, 5.41) is 18.9. The lowest BCUT2D eigenvalue weighted by molar-refractivity contribution is -0.138. The molecule has 2 atom stereocenters. The minimum atomic E-state index is -4.80.